The van der Waals surface area contributed by atoms with Gasteiger partial charge in [-0.25, -0.2) is 4.79 Å². The molecule has 4 rings (SSSR count). The molecule has 2 aromatic heterocycles. The number of likely N-dealkylation sites (N-methyl/N-ethyl adjacent to an activating group) is 1. The van der Waals surface area contributed by atoms with Crippen LogP contribution in [0.25, 0.3) is 15.7 Å². The number of benzene rings is 1. The van der Waals surface area contributed by atoms with E-state index in [1.54, 1.807) is 12.1 Å². The number of anilines is 1. The lowest BCUT2D eigenvalue weighted by molar-refractivity contribution is 0.0697. The second-order valence-electron chi connectivity index (χ2n) is 6.64. The Balaban J connectivity index is 2.02. The zero-order chi connectivity index (χ0) is 18.6. The summed E-state index contributed by atoms with van der Waals surface area (Å²) in [4.78, 5) is 29.5. The standard InChI is InChI=1S/C18H18ClN3O3S/c1-10-9-26-17-15(18(24)25)16(23)11-7-14(12(19)8-13(11)22(10)17)21-5-3-20(2)4-6-21/h7-9H,3-6H2,1-2H3,(H,24,25). The first-order valence-corrected chi connectivity index (χ1v) is 9.57. The molecule has 1 aromatic carbocycles. The second kappa shape index (κ2) is 6.26. The molecule has 1 N–H and O–H groups in total. The van der Waals surface area contributed by atoms with Crippen molar-refractivity contribution in [2.24, 2.45) is 0 Å². The number of rotatable bonds is 2. The molecule has 1 aliphatic rings. The molecule has 0 saturated carbocycles. The highest BCUT2D eigenvalue weighted by Gasteiger charge is 2.23. The summed E-state index contributed by atoms with van der Waals surface area (Å²) in [5.41, 5.74) is 1.68. The van der Waals surface area contributed by atoms with Crippen LogP contribution in [0.1, 0.15) is 16.1 Å². The van der Waals surface area contributed by atoms with Crippen LogP contribution in [0.4, 0.5) is 5.69 Å². The van der Waals surface area contributed by atoms with E-state index in [-0.39, 0.29) is 5.56 Å². The minimum atomic E-state index is -1.20. The van der Waals surface area contributed by atoms with Crippen LogP contribution in [0.5, 0.6) is 0 Å². The maximum atomic E-state index is 12.9. The number of nitrogens with zero attached hydrogens (tertiary/aromatic N) is 3. The average molecular weight is 392 g/mol. The van der Waals surface area contributed by atoms with E-state index in [9.17, 15) is 14.7 Å². The summed E-state index contributed by atoms with van der Waals surface area (Å²) in [6, 6.07) is 3.53. The first-order valence-electron chi connectivity index (χ1n) is 8.31. The summed E-state index contributed by atoms with van der Waals surface area (Å²) in [6.45, 7) is 5.34. The number of piperazine rings is 1. The number of aromatic nitrogens is 1. The van der Waals surface area contributed by atoms with Gasteiger partial charge in [-0.1, -0.05) is 11.6 Å². The summed E-state index contributed by atoms with van der Waals surface area (Å²) in [6.07, 6.45) is 0. The Morgan fingerprint density at radius 2 is 1.92 bits per heavy atom. The number of hydrogen-bond donors (Lipinski definition) is 1. The van der Waals surface area contributed by atoms with E-state index in [2.05, 4.69) is 16.8 Å². The van der Waals surface area contributed by atoms with Crippen LogP contribution in [0, 0.1) is 6.92 Å². The van der Waals surface area contributed by atoms with Crippen molar-refractivity contribution in [1.29, 1.82) is 0 Å². The van der Waals surface area contributed by atoms with Crippen molar-refractivity contribution < 1.29 is 9.90 Å². The molecule has 26 heavy (non-hydrogen) atoms. The predicted octanol–water partition coefficient (Wildman–Crippen LogP) is 2.93. The highest BCUT2D eigenvalue weighted by molar-refractivity contribution is 7.16. The topological polar surface area (TPSA) is 65.3 Å². The summed E-state index contributed by atoms with van der Waals surface area (Å²) in [7, 11) is 2.07. The van der Waals surface area contributed by atoms with Gasteiger partial charge in [-0.05, 0) is 26.1 Å². The Hall–Kier alpha value is -2.09. The monoisotopic (exact) mass is 391 g/mol. The molecular formula is C18H18ClN3O3S. The number of thiazole rings is 1. The molecule has 0 spiro atoms. The fourth-order valence-electron chi connectivity index (χ4n) is 3.51. The molecule has 3 heterocycles. The van der Waals surface area contributed by atoms with Crippen LogP contribution in [-0.4, -0.2) is 53.6 Å². The van der Waals surface area contributed by atoms with Crippen molar-refractivity contribution in [2.45, 2.75) is 6.92 Å². The molecule has 0 amide bonds. The lowest BCUT2D eigenvalue weighted by Gasteiger charge is -2.34. The smallest absolute Gasteiger partial charge is 0.342 e. The minimum absolute atomic E-state index is 0.178. The summed E-state index contributed by atoms with van der Waals surface area (Å²) < 4.78 is 1.81. The van der Waals surface area contributed by atoms with Gasteiger partial charge >= 0.3 is 5.97 Å². The molecule has 1 saturated heterocycles. The van der Waals surface area contributed by atoms with E-state index < -0.39 is 11.4 Å². The highest BCUT2D eigenvalue weighted by Crippen LogP contribution is 2.33. The normalized spacial score (nSPS) is 15.9. The Morgan fingerprint density at radius 3 is 2.58 bits per heavy atom. The lowest BCUT2D eigenvalue weighted by atomic mass is 10.1. The zero-order valence-electron chi connectivity index (χ0n) is 14.5. The van der Waals surface area contributed by atoms with Crippen LogP contribution in [0.3, 0.4) is 0 Å². The highest BCUT2D eigenvalue weighted by atomic mass is 35.5. The largest absolute Gasteiger partial charge is 0.477 e. The average Bonchev–Trinajstić information content (AvgIpc) is 2.97. The number of halogens is 1. The van der Waals surface area contributed by atoms with Crippen LogP contribution in [0.15, 0.2) is 22.3 Å². The van der Waals surface area contributed by atoms with Gasteiger partial charge in [0, 0.05) is 42.6 Å². The van der Waals surface area contributed by atoms with Gasteiger partial charge in [0.05, 0.1) is 16.2 Å². The lowest BCUT2D eigenvalue weighted by Crippen LogP contribution is -2.44. The number of carboxylic acid groups (broad SMARTS) is 1. The fourth-order valence-corrected chi connectivity index (χ4v) is 4.82. The number of fused-ring (bicyclic) bond motifs is 3. The Labute approximate surface area is 158 Å². The fraction of sp³-hybridized carbons (Fsp3) is 0.333. The third-order valence-corrected chi connectivity index (χ3v) is 6.32. The van der Waals surface area contributed by atoms with E-state index >= 15 is 0 Å². The molecule has 0 aliphatic carbocycles. The predicted molar refractivity (Wildman–Crippen MR) is 105 cm³/mol. The number of carbonyl (C=O) groups is 1. The van der Waals surface area contributed by atoms with Gasteiger partial charge in [0.2, 0.25) is 5.43 Å². The summed E-state index contributed by atoms with van der Waals surface area (Å²) in [5.74, 6) is -1.20. The summed E-state index contributed by atoms with van der Waals surface area (Å²) >= 11 is 7.82. The van der Waals surface area contributed by atoms with E-state index in [1.165, 1.54) is 11.3 Å². The number of carboxylic acids is 1. The van der Waals surface area contributed by atoms with Crippen molar-refractivity contribution in [2.75, 3.05) is 38.1 Å². The number of pyridine rings is 1. The van der Waals surface area contributed by atoms with Crippen LogP contribution in [0.2, 0.25) is 5.02 Å². The van der Waals surface area contributed by atoms with Gasteiger partial charge in [0.25, 0.3) is 0 Å². The molecule has 1 aliphatic heterocycles. The molecule has 3 aromatic rings. The number of aromatic carboxylic acids is 1. The summed E-state index contributed by atoms with van der Waals surface area (Å²) in [5, 5.41) is 12.4. The maximum absolute atomic E-state index is 12.9. The number of aryl methyl sites for hydroxylation is 1. The third-order valence-electron chi connectivity index (χ3n) is 4.95. The molecule has 0 unspecified atom stereocenters. The zero-order valence-corrected chi connectivity index (χ0v) is 16.0. The van der Waals surface area contributed by atoms with Crippen LogP contribution >= 0.6 is 22.9 Å². The van der Waals surface area contributed by atoms with Gasteiger partial charge in [-0.2, -0.15) is 0 Å². The van der Waals surface area contributed by atoms with Gasteiger partial charge in [0.15, 0.2) is 0 Å². The van der Waals surface area contributed by atoms with Gasteiger partial charge in [-0.15, -0.1) is 11.3 Å². The maximum Gasteiger partial charge on any atom is 0.342 e. The van der Waals surface area contributed by atoms with Crippen molar-refractivity contribution in [1.82, 2.24) is 9.30 Å². The van der Waals surface area contributed by atoms with E-state index in [1.807, 2.05) is 16.7 Å². The SMILES string of the molecule is Cc1csc2c(C(=O)O)c(=O)c3cc(N4CCN(C)CC4)c(Cl)cc3n12. The van der Waals surface area contributed by atoms with Crippen LogP contribution < -0.4 is 10.3 Å². The Kier molecular flexibility index (Phi) is 4.17. The minimum Gasteiger partial charge on any atom is -0.477 e. The van der Waals surface area contributed by atoms with E-state index in [4.69, 9.17) is 11.6 Å². The second-order valence-corrected chi connectivity index (χ2v) is 7.90. The molecule has 0 atom stereocenters. The van der Waals surface area contributed by atoms with Gasteiger partial charge in [0.1, 0.15) is 10.4 Å². The van der Waals surface area contributed by atoms with Crippen molar-refractivity contribution in [3.8, 4) is 0 Å². The van der Waals surface area contributed by atoms with Crippen molar-refractivity contribution >= 4 is 50.3 Å². The van der Waals surface area contributed by atoms with Gasteiger partial charge < -0.3 is 19.3 Å². The van der Waals surface area contributed by atoms with Crippen molar-refractivity contribution in [3.63, 3.8) is 0 Å². The molecule has 1 fully saturated rings. The van der Waals surface area contributed by atoms with Gasteiger partial charge in [-0.3, -0.25) is 4.79 Å². The Bertz CT molecular complexity index is 1100. The molecule has 0 radical (unpaired) electrons. The quantitative estimate of drug-likeness (QED) is 0.727. The van der Waals surface area contributed by atoms with E-state index in [0.717, 1.165) is 37.6 Å². The molecule has 136 valence electrons. The first kappa shape index (κ1) is 17.3. The van der Waals surface area contributed by atoms with E-state index in [0.29, 0.717) is 20.8 Å². The van der Waals surface area contributed by atoms with Crippen molar-refractivity contribution in [3.05, 3.63) is 44.0 Å². The molecule has 8 heteroatoms. The first-order chi connectivity index (χ1) is 12.4. The molecule has 6 nitrogen and oxygen atoms in total. The number of hydrogen-bond acceptors (Lipinski definition) is 5. The third kappa shape index (κ3) is 2.58. The Morgan fingerprint density at radius 1 is 1.23 bits per heavy atom. The van der Waals surface area contributed by atoms with Crippen LogP contribution in [-0.2, 0) is 0 Å². The molecular weight excluding hydrogens is 374 g/mol. The molecule has 0 bridgehead atoms.